The molecule has 5 nitrogen and oxygen atoms in total. The Hall–Kier alpha value is -2.27. The quantitative estimate of drug-likeness (QED) is 0.903. The number of aryl methyl sites for hydroxylation is 1. The first-order valence-electron chi connectivity index (χ1n) is 6.34. The van der Waals surface area contributed by atoms with Crippen LogP contribution in [-0.2, 0) is 17.4 Å². The highest BCUT2D eigenvalue weighted by Crippen LogP contribution is 2.24. The third-order valence-electron chi connectivity index (χ3n) is 3.43. The Labute approximate surface area is 127 Å². The molecule has 0 saturated carbocycles. The molecule has 0 aliphatic rings. The van der Waals surface area contributed by atoms with E-state index in [0.717, 1.165) is 0 Å². The van der Waals surface area contributed by atoms with Gasteiger partial charge in [-0.05, 0) is 36.8 Å². The average molecular weight is 306 g/mol. The molecule has 3 N–H and O–H groups in total. The molecule has 2 amide bonds. The summed E-state index contributed by atoms with van der Waals surface area (Å²) in [7, 11) is 1.75. The number of hydrogen-bond donors (Lipinski definition) is 2. The second-order valence-corrected chi connectivity index (χ2v) is 5.39. The Bertz CT molecular complexity index is 696. The van der Waals surface area contributed by atoms with Crippen LogP contribution in [0.15, 0.2) is 42.6 Å². The largest absolute Gasteiger partial charge is 0.367 e. The standard InChI is InChI=1S/C15H16ClN3O2/c1-15(14(17)21,10-5-3-6-11(16)9-10)18-13(20)12-7-4-8-19(12)2/h3-9H,1-2H3,(H2,17,21)(H,18,20)/t15-/m0/s1. The van der Waals surface area contributed by atoms with E-state index >= 15 is 0 Å². The summed E-state index contributed by atoms with van der Waals surface area (Å²) in [5.41, 5.74) is 5.12. The molecule has 2 aromatic rings. The van der Waals surface area contributed by atoms with Crippen LogP contribution in [0.1, 0.15) is 23.0 Å². The van der Waals surface area contributed by atoms with Crippen LogP contribution in [0.5, 0.6) is 0 Å². The normalized spacial score (nSPS) is 13.5. The molecule has 21 heavy (non-hydrogen) atoms. The Morgan fingerprint density at radius 2 is 2.00 bits per heavy atom. The molecule has 0 bridgehead atoms. The third kappa shape index (κ3) is 2.92. The summed E-state index contributed by atoms with van der Waals surface area (Å²) in [5, 5.41) is 3.15. The van der Waals surface area contributed by atoms with Gasteiger partial charge in [0.2, 0.25) is 5.91 Å². The van der Waals surface area contributed by atoms with Gasteiger partial charge in [-0.2, -0.15) is 0 Å². The van der Waals surface area contributed by atoms with E-state index in [1.807, 2.05) is 0 Å². The van der Waals surface area contributed by atoms with Crippen LogP contribution >= 0.6 is 11.6 Å². The van der Waals surface area contributed by atoms with Crippen LogP contribution in [0.3, 0.4) is 0 Å². The van der Waals surface area contributed by atoms with Gasteiger partial charge in [0.1, 0.15) is 11.2 Å². The van der Waals surface area contributed by atoms with Gasteiger partial charge in [0, 0.05) is 18.3 Å². The highest BCUT2D eigenvalue weighted by Gasteiger charge is 2.35. The molecule has 1 aromatic carbocycles. The molecular weight excluding hydrogens is 290 g/mol. The number of benzene rings is 1. The summed E-state index contributed by atoms with van der Waals surface area (Å²) in [6, 6.07) is 10.1. The van der Waals surface area contributed by atoms with Crippen molar-refractivity contribution in [2.24, 2.45) is 12.8 Å². The number of nitrogens with zero attached hydrogens (tertiary/aromatic N) is 1. The second kappa shape index (κ2) is 5.61. The van der Waals surface area contributed by atoms with Gasteiger partial charge in [-0.1, -0.05) is 23.7 Å². The van der Waals surface area contributed by atoms with Crippen molar-refractivity contribution in [2.75, 3.05) is 0 Å². The molecule has 0 unspecified atom stereocenters. The lowest BCUT2D eigenvalue weighted by atomic mass is 9.91. The molecule has 0 aliphatic heterocycles. The molecule has 2 rings (SSSR count). The zero-order valence-corrected chi connectivity index (χ0v) is 12.5. The number of primary amides is 1. The summed E-state index contributed by atoms with van der Waals surface area (Å²) in [5.74, 6) is -1.05. The fraction of sp³-hybridized carbons (Fsp3) is 0.200. The number of amides is 2. The first-order chi connectivity index (χ1) is 9.84. The minimum absolute atomic E-state index is 0.385. The van der Waals surface area contributed by atoms with Crippen molar-refractivity contribution >= 4 is 23.4 Å². The molecule has 0 spiro atoms. The number of carbonyl (C=O) groups excluding carboxylic acids is 2. The molecule has 1 atom stereocenters. The van der Waals surface area contributed by atoms with Crippen molar-refractivity contribution in [2.45, 2.75) is 12.5 Å². The SMILES string of the molecule is Cn1cccc1C(=O)N[C@](C)(C(N)=O)c1cccc(Cl)c1. The third-order valence-corrected chi connectivity index (χ3v) is 3.67. The van der Waals surface area contributed by atoms with Gasteiger partial charge >= 0.3 is 0 Å². The number of nitrogens with two attached hydrogens (primary N) is 1. The fourth-order valence-corrected chi connectivity index (χ4v) is 2.25. The van der Waals surface area contributed by atoms with Crippen molar-refractivity contribution in [3.8, 4) is 0 Å². The Morgan fingerprint density at radius 1 is 1.29 bits per heavy atom. The van der Waals surface area contributed by atoms with Gasteiger partial charge in [-0.15, -0.1) is 0 Å². The monoisotopic (exact) mass is 305 g/mol. The maximum absolute atomic E-state index is 12.3. The molecule has 0 radical (unpaired) electrons. The summed E-state index contributed by atoms with van der Waals surface area (Å²) >= 11 is 5.95. The van der Waals surface area contributed by atoms with E-state index in [1.165, 1.54) is 0 Å². The number of halogens is 1. The molecular formula is C15H16ClN3O2. The maximum atomic E-state index is 12.3. The van der Waals surface area contributed by atoms with Gasteiger partial charge in [0.05, 0.1) is 0 Å². The van der Waals surface area contributed by atoms with Crippen LogP contribution in [-0.4, -0.2) is 16.4 Å². The van der Waals surface area contributed by atoms with Crippen LogP contribution in [0.25, 0.3) is 0 Å². The van der Waals surface area contributed by atoms with E-state index in [2.05, 4.69) is 5.32 Å². The van der Waals surface area contributed by atoms with E-state index < -0.39 is 11.4 Å². The van der Waals surface area contributed by atoms with Crippen molar-refractivity contribution in [1.82, 2.24) is 9.88 Å². The second-order valence-electron chi connectivity index (χ2n) is 4.96. The minimum Gasteiger partial charge on any atom is -0.367 e. The summed E-state index contributed by atoms with van der Waals surface area (Å²) in [6.07, 6.45) is 1.75. The first-order valence-corrected chi connectivity index (χ1v) is 6.72. The van der Waals surface area contributed by atoms with Crippen LogP contribution in [0.4, 0.5) is 0 Å². The van der Waals surface area contributed by atoms with Crippen LogP contribution < -0.4 is 11.1 Å². The smallest absolute Gasteiger partial charge is 0.268 e. The minimum atomic E-state index is -1.34. The van der Waals surface area contributed by atoms with Gasteiger partial charge in [-0.25, -0.2) is 0 Å². The topological polar surface area (TPSA) is 77.1 Å². The van der Waals surface area contributed by atoms with Gasteiger partial charge in [0.25, 0.3) is 5.91 Å². The number of rotatable bonds is 4. The van der Waals surface area contributed by atoms with E-state index in [9.17, 15) is 9.59 Å². The van der Waals surface area contributed by atoms with Crippen LogP contribution in [0.2, 0.25) is 5.02 Å². The van der Waals surface area contributed by atoms with Gasteiger partial charge < -0.3 is 15.6 Å². The zero-order valence-electron chi connectivity index (χ0n) is 11.8. The Kier molecular flexibility index (Phi) is 4.04. The molecule has 1 aromatic heterocycles. The Balaban J connectivity index is 2.38. The van der Waals surface area contributed by atoms with Gasteiger partial charge in [-0.3, -0.25) is 9.59 Å². The highest BCUT2D eigenvalue weighted by atomic mass is 35.5. The lowest BCUT2D eigenvalue weighted by Gasteiger charge is -2.28. The number of nitrogens with one attached hydrogen (secondary N) is 1. The van der Waals surface area contributed by atoms with Gasteiger partial charge in [0.15, 0.2) is 0 Å². The molecule has 0 aliphatic carbocycles. The van der Waals surface area contributed by atoms with Crippen molar-refractivity contribution in [3.63, 3.8) is 0 Å². The molecule has 6 heteroatoms. The highest BCUT2D eigenvalue weighted by molar-refractivity contribution is 6.30. The van der Waals surface area contributed by atoms with Crippen molar-refractivity contribution in [3.05, 3.63) is 58.9 Å². The Morgan fingerprint density at radius 3 is 2.52 bits per heavy atom. The summed E-state index contributed by atoms with van der Waals surface area (Å²) in [4.78, 5) is 24.2. The van der Waals surface area contributed by atoms with E-state index in [-0.39, 0.29) is 5.91 Å². The maximum Gasteiger partial charge on any atom is 0.268 e. The summed E-state index contributed by atoms with van der Waals surface area (Å²) < 4.78 is 1.66. The predicted octanol–water partition coefficient (Wildman–Crippen LogP) is 1.81. The molecule has 110 valence electrons. The van der Waals surface area contributed by atoms with E-state index in [1.54, 1.807) is 61.1 Å². The molecule has 0 saturated heterocycles. The molecule has 0 fully saturated rings. The first kappa shape index (κ1) is 15.1. The zero-order chi connectivity index (χ0) is 15.6. The van der Waals surface area contributed by atoms with Crippen molar-refractivity contribution < 1.29 is 9.59 Å². The predicted molar refractivity (Wildman–Crippen MR) is 80.9 cm³/mol. The van der Waals surface area contributed by atoms with E-state index in [4.69, 9.17) is 17.3 Å². The lowest BCUT2D eigenvalue weighted by molar-refractivity contribution is -0.123. The number of hydrogen-bond acceptors (Lipinski definition) is 2. The number of carbonyl (C=O) groups is 2. The molecule has 1 heterocycles. The summed E-state index contributed by atoms with van der Waals surface area (Å²) in [6.45, 7) is 1.56. The fourth-order valence-electron chi connectivity index (χ4n) is 2.06. The average Bonchev–Trinajstić information content (AvgIpc) is 2.84. The van der Waals surface area contributed by atoms with Crippen molar-refractivity contribution in [1.29, 1.82) is 0 Å². The number of aromatic nitrogens is 1. The lowest BCUT2D eigenvalue weighted by Crippen LogP contribution is -2.53. The van der Waals surface area contributed by atoms with E-state index in [0.29, 0.717) is 16.3 Å². The van der Waals surface area contributed by atoms with Crippen LogP contribution in [0, 0.1) is 0 Å².